The summed E-state index contributed by atoms with van der Waals surface area (Å²) in [5.41, 5.74) is 2.15. The Bertz CT molecular complexity index is 846. The molecule has 0 aliphatic carbocycles. The van der Waals surface area contributed by atoms with Gasteiger partial charge >= 0.3 is 0 Å². The van der Waals surface area contributed by atoms with Crippen LogP contribution in [0.2, 0.25) is 0 Å². The maximum Gasteiger partial charge on any atom is 0.158 e. The van der Waals surface area contributed by atoms with Gasteiger partial charge in [-0.3, -0.25) is 4.79 Å². The van der Waals surface area contributed by atoms with Crippen LogP contribution in [0.5, 0.6) is 0 Å². The lowest BCUT2D eigenvalue weighted by molar-refractivity contribution is -0.116. The molecule has 0 saturated heterocycles. The SMILES string of the molecule is COC(C)(C)CCC/C(C)=C/CCC(C)CCCC(C)CCCCC(C)CCCC(C)/C=C/C=C(\C)C(=O)CCC(C)(C)OC. The van der Waals surface area contributed by atoms with Gasteiger partial charge in [-0.2, -0.15) is 0 Å². The molecule has 0 aliphatic heterocycles. The zero-order valence-electron chi connectivity index (χ0n) is 32.4. The molecule has 0 rings (SSSR count). The summed E-state index contributed by atoms with van der Waals surface area (Å²) in [6.07, 6.45) is 29.7. The molecule has 0 heterocycles. The number of methoxy groups -OCH3 is 2. The Morgan fingerprint density at radius 1 is 0.644 bits per heavy atom. The Morgan fingerprint density at radius 3 is 1.69 bits per heavy atom. The van der Waals surface area contributed by atoms with Crippen LogP contribution in [0.1, 0.15) is 178 Å². The van der Waals surface area contributed by atoms with Crippen molar-refractivity contribution in [3.8, 4) is 0 Å². The molecule has 3 nitrogen and oxygen atoms in total. The average molecular weight is 631 g/mol. The quantitative estimate of drug-likeness (QED) is 0.0373. The molecule has 4 unspecified atom stereocenters. The van der Waals surface area contributed by atoms with Crippen molar-refractivity contribution in [2.75, 3.05) is 14.2 Å². The van der Waals surface area contributed by atoms with Crippen LogP contribution in [-0.2, 0) is 14.3 Å². The number of hydrogen-bond acceptors (Lipinski definition) is 3. The van der Waals surface area contributed by atoms with Crippen molar-refractivity contribution in [1.29, 1.82) is 0 Å². The number of allylic oxidation sites excluding steroid dienone is 6. The van der Waals surface area contributed by atoms with Crippen molar-refractivity contribution in [3.63, 3.8) is 0 Å². The van der Waals surface area contributed by atoms with E-state index >= 15 is 0 Å². The molecule has 3 heteroatoms. The smallest absolute Gasteiger partial charge is 0.158 e. The fourth-order valence-corrected chi connectivity index (χ4v) is 5.93. The first-order chi connectivity index (χ1) is 21.1. The van der Waals surface area contributed by atoms with E-state index in [-0.39, 0.29) is 17.0 Å². The minimum absolute atomic E-state index is 0.00801. The van der Waals surface area contributed by atoms with Crippen molar-refractivity contribution in [2.24, 2.45) is 23.7 Å². The molecule has 0 aromatic heterocycles. The molecule has 0 aliphatic rings. The molecule has 0 aromatic carbocycles. The third kappa shape index (κ3) is 25.6. The zero-order chi connectivity index (χ0) is 34.3. The second-order valence-corrected chi connectivity index (χ2v) is 16.0. The first-order valence-electron chi connectivity index (χ1n) is 18.7. The van der Waals surface area contributed by atoms with Gasteiger partial charge in [-0.15, -0.1) is 0 Å². The van der Waals surface area contributed by atoms with E-state index < -0.39 is 0 Å². The lowest BCUT2D eigenvalue weighted by Crippen LogP contribution is -2.23. The first-order valence-corrected chi connectivity index (χ1v) is 18.7. The number of hydrogen-bond donors (Lipinski definition) is 0. The molecule has 0 saturated carbocycles. The summed E-state index contributed by atoms with van der Waals surface area (Å²) in [5, 5.41) is 0. The maximum absolute atomic E-state index is 12.4. The monoisotopic (exact) mass is 631 g/mol. The summed E-state index contributed by atoms with van der Waals surface area (Å²) in [6, 6.07) is 0. The van der Waals surface area contributed by atoms with Gasteiger partial charge in [0.1, 0.15) is 0 Å². The highest BCUT2D eigenvalue weighted by Crippen LogP contribution is 2.24. The van der Waals surface area contributed by atoms with E-state index in [2.05, 4.69) is 66.7 Å². The molecule has 0 fully saturated rings. The Labute approximate surface area is 282 Å². The summed E-state index contributed by atoms with van der Waals surface area (Å²) >= 11 is 0. The number of carbonyl (C=O) groups excluding carboxylic acids is 1. The van der Waals surface area contributed by atoms with E-state index in [0.717, 1.165) is 36.2 Å². The molecule has 0 aromatic rings. The summed E-state index contributed by atoms with van der Waals surface area (Å²) < 4.78 is 11.0. The van der Waals surface area contributed by atoms with Crippen LogP contribution in [0, 0.1) is 23.7 Å². The third-order valence-electron chi connectivity index (χ3n) is 10.2. The predicted octanol–water partition coefficient (Wildman–Crippen LogP) is 13.0. The van der Waals surface area contributed by atoms with Gasteiger partial charge in [0.15, 0.2) is 5.78 Å². The summed E-state index contributed by atoms with van der Waals surface area (Å²) in [5.74, 6) is 3.29. The van der Waals surface area contributed by atoms with E-state index in [0.29, 0.717) is 12.3 Å². The number of ketones is 1. The van der Waals surface area contributed by atoms with Crippen molar-refractivity contribution >= 4 is 5.78 Å². The van der Waals surface area contributed by atoms with E-state index in [1.807, 2.05) is 34.0 Å². The van der Waals surface area contributed by atoms with Gasteiger partial charge in [0.25, 0.3) is 0 Å². The zero-order valence-corrected chi connectivity index (χ0v) is 32.4. The van der Waals surface area contributed by atoms with Gasteiger partial charge in [-0.05, 0) is 116 Å². The molecule has 0 spiro atoms. The largest absolute Gasteiger partial charge is 0.379 e. The third-order valence-corrected chi connectivity index (χ3v) is 10.2. The van der Waals surface area contributed by atoms with Gasteiger partial charge in [0, 0.05) is 20.6 Å². The van der Waals surface area contributed by atoms with Gasteiger partial charge < -0.3 is 9.47 Å². The standard InChI is InChI=1S/C42H78O3/c1-34(22-15-24-36(3)25-17-27-38(5)29-19-32-41(7,8)44-11)20-13-14-21-35(2)23-16-26-37(4)28-18-30-39(6)40(43)31-33-42(9,10)45-12/h18,27-28,30,34-37H,13-17,19-26,29,31-33H2,1-12H3/b28-18+,38-27+,39-30+. The molecule has 0 radical (unpaired) electrons. The van der Waals surface area contributed by atoms with Crippen LogP contribution in [0.15, 0.2) is 35.5 Å². The van der Waals surface area contributed by atoms with Crippen LogP contribution in [0.4, 0.5) is 0 Å². The number of carbonyl (C=O) groups is 1. The van der Waals surface area contributed by atoms with Gasteiger partial charge in [-0.1, -0.05) is 115 Å². The van der Waals surface area contributed by atoms with Crippen molar-refractivity contribution in [2.45, 2.75) is 190 Å². The Kier molecular flexibility index (Phi) is 24.3. The molecule has 0 N–H and O–H groups in total. The van der Waals surface area contributed by atoms with Crippen LogP contribution in [0.3, 0.4) is 0 Å². The molecule has 0 bridgehead atoms. The molecular weight excluding hydrogens is 552 g/mol. The second kappa shape index (κ2) is 24.9. The summed E-state index contributed by atoms with van der Waals surface area (Å²) in [6.45, 7) is 22.3. The minimum atomic E-state index is -0.241. The Morgan fingerprint density at radius 2 is 1.13 bits per heavy atom. The fraction of sp³-hybridized carbons (Fsp3) is 0.833. The predicted molar refractivity (Wildman–Crippen MR) is 199 cm³/mol. The number of ether oxygens (including phenoxy) is 2. The molecule has 45 heavy (non-hydrogen) atoms. The Balaban J connectivity index is 3.95. The highest BCUT2D eigenvalue weighted by molar-refractivity contribution is 5.95. The summed E-state index contributed by atoms with van der Waals surface area (Å²) in [7, 11) is 3.52. The van der Waals surface area contributed by atoms with Crippen LogP contribution < -0.4 is 0 Å². The lowest BCUT2D eigenvalue weighted by Gasteiger charge is -2.22. The van der Waals surface area contributed by atoms with E-state index in [9.17, 15) is 4.79 Å². The van der Waals surface area contributed by atoms with Crippen LogP contribution >= 0.6 is 0 Å². The van der Waals surface area contributed by atoms with Crippen molar-refractivity contribution in [1.82, 2.24) is 0 Å². The Hall–Kier alpha value is -1.19. The first kappa shape index (κ1) is 43.8. The molecular formula is C42H78O3. The molecule has 0 amide bonds. The number of rotatable bonds is 28. The minimum Gasteiger partial charge on any atom is -0.379 e. The second-order valence-electron chi connectivity index (χ2n) is 16.0. The topological polar surface area (TPSA) is 35.5 Å². The van der Waals surface area contributed by atoms with E-state index in [1.54, 1.807) is 12.7 Å². The van der Waals surface area contributed by atoms with E-state index in [4.69, 9.17) is 9.47 Å². The fourth-order valence-electron chi connectivity index (χ4n) is 5.93. The number of unbranched alkanes of at least 4 members (excludes halogenated alkanes) is 1. The summed E-state index contributed by atoms with van der Waals surface area (Å²) in [4.78, 5) is 12.4. The van der Waals surface area contributed by atoms with Crippen LogP contribution in [0.25, 0.3) is 0 Å². The molecule has 4 atom stereocenters. The van der Waals surface area contributed by atoms with Crippen molar-refractivity contribution in [3.05, 3.63) is 35.5 Å². The van der Waals surface area contributed by atoms with Gasteiger partial charge in [-0.25, -0.2) is 0 Å². The highest BCUT2D eigenvalue weighted by Gasteiger charge is 2.18. The highest BCUT2D eigenvalue weighted by atomic mass is 16.5. The van der Waals surface area contributed by atoms with Crippen molar-refractivity contribution < 1.29 is 14.3 Å². The normalized spacial score (nSPS) is 16.3. The maximum atomic E-state index is 12.4. The molecule has 264 valence electrons. The average Bonchev–Trinajstić information content (AvgIpc) is 2.98. The van der Waals surface area contributed by atoms with Gasteiger partial charge in [0.05, 0.1) is 11.2 Å². The lowest BCUT2D eigenvalue weighted by atomic mass is 9.91. The van der Waals surface area contributed by atoms with E-state index in [1.165, 1.54) is 89.9 Å². The van der Waals surface area contributed by atoms with Gasteiger partial charge in [0.2, 0.25) is 0 Å². The number of Topliss-reactive ketones (excluding diaryl/α,β-unsaturated/α-hetero) is 1. The van der Waals surface area contributed by atoms with Crippen LogP contribution in [-0.4, -0.2) is 31.2 Å².